The van der Waals surface area contributed by atoms with Crippen molar-refractivity contribution in [1.29, 1.82) is 0 Å². The first-order chi connectivity index (χ1) is 8.04. The molecule has 1 aromatic rings. The summed E-state index contributed by atoms with van der Waals surface area (Å²) in [5.74, 6) is -1.50. The molecule has 0 bridgehead atoms. The Morgan fingerprint density at radius 2 is 2.12 bits per heavy atom. The SMILES string of the molecule is CCOC(=O)C=Cc1ccc(C)cc1C(=O)O. The van der Waals surface area contributed by atoms with E-state index in [0.717, 1.165) is 5.56 Å². The second kappa shape index (κ2) is 5.84. The predicted octanol–water partition coefficient (Wildman–Crippen LogP) is 2.27. The third-order valence-electron chi connectivity index (χ3n) is 2.12. The Bertz CT molecular complexity index is 460. The van der Waals surface area contributed by atoms with Gasteiger partial charge in [-0.25, -0.2) is 9.59 Å². The molecule has 17 heavy (non-hydrogen) atoms. The van der Waals surface area contributed by atoms with Crippen molar-refractivity contribution in [2.75, 3.05) is 6.61 Å². The topological polar surface area (TPSA) is 63.6 Å². The second-order valence-corrected chi connectivity index (χ2v) is 3.48. The van der Waals surface area contributed by atoms with Gasteiger partial charge in [0.15, 0.2) is 0 Å². The highest BCUT2D eigenvalue weighted by atomic mass is 16.5. The Labute approximate surface area is 99.5 Å². The van der Waals surface area contributed by atoms with E-state index in [2.05, 4.69) is 0 Å². The minimum Gasteiger partial charge on any atom is -0.478 e. The van der Waals surface area contributed by atoms with Crippen LogP contribution >= 0.6 is 0 Å². The van der Waals surface area contributed by atoms with Crippen molar-refractivity contribution in [3.8, 4) is 0 Å². The third-order valence-corrected chi connectivity index (χ3v) is 2.12. The number of carboxylic acid groups (broad SMARTS) is 1. The van der Waals surface area contributed by atoms with Crippen LogP contribution in [0.2, 0.25) is 0 Å². The number of hydrogen-bond donors (Lipinski definition) is 1. The Morgan fingerprint density at radius 3 is 2.71 bits per heavy atom. The summed E-state index contributed by atoms with van der Waals surface area (Å²) in [6.07, 6.45) is 2.67. The molecule has 0 aliphatic carbocycles. The summed E-state index contributed by atoms with van der Waals surface area (Å²) in [7, 11) is 0. The summed E-state index contributed by atoms with van der Waals surface area (Å²) in [6, 6.07) is 5.01. The highest BCUT2D eigenvalue weighted by Crippen LogP contribution is 2.13. The molecule has 0 heterocycles. The zero-order valence-corrected chi connectivity index (χ0v) is 9.77. The van der Waals surface area contributed by atoms with Crippen molar-refractivity contribution in [3.63, 3.8) is 0 Å². The normalized spacial score (nSPS) is 10.5. The van der Waals surface area contributed by atoms with Crippen molar-refractivity contribution in [3.05, 3.63) is 41.0 Å². The van der Waals surface area contributed by atoms with Crippen LogP contribution in [0.1, 0.15) is 28.4 Å². The van der Waals surface area contributed by atoms with Crippen LogP contribution in [0.3, 0.4) is 0 Å². The van der Waals surface area contributed by atoms with E-state index in [-0.39, 0.29) is 5.56 Å². The van der Waals surface area contributed by atoms with Gasteiger partial charge < -0.3 is 9.84 Å². The van der Waals surface area contributed by atoms with Gasteiger partial charge in [-0.15, -0.1) is 0 Å². The molecular weight excluding hydrogens is 220 g/mol. The molecule has 0 radical (unpaired) electrons. The maximum atomic E-state index is 11.1. The minimum absolute atomic E-state index is 0.172. The molecule has 0 spiro atoms. The first-order valence-electron chi connectivity index (χ1n) is 5.23. The molecule has 0 saturated heterocycles. The van der Waals surface area contributed by atoms with Crippen LogP contribution in [0.15, 0.2) is 24.3 Å². The minimum atomic E-state index is -1.02. The number of hydrogen-bond acceptors (Lipinski definition) is 3. The number of aryl methyl sites for hydroxylation is 1. The summed E-state index contributed by atoms with van der Waals surface area (Å²) < 4.78 is 4.71. The van der Waals surface area contributed by atoms with Gasteiger partial charge in [-0.2, -0.15) is 0 Å². The van der Waals surface area contributed by atoms with Gasteiger partial charge in [0.1, 0.15) is 0 Å². The average molecular weight is 234 g/mol. The maximum Gasteiger partial charge on any atom is 0.336 e. The Hall–Kier alpha value is -2.10. The maximum absolute atomic E-state index is 11.1. The molecule has 1 N–H and O–H groups in total. The van der Waals surface area contributed by atoms with E-state index in [0.29, 0.717) is 12.2 Å². The van der Waals surface area contributed by atoms with Gasteiger partial charge >= 0.3 is 11.9 Å². The molecule has 4 nitrogen and oxygen atoms in total. The highest BCUT2D eigenvalue weighted by molar-refractivity contribution is 5.95. The van der Waals surface area contributed by atoms with Gasteiger partial charge in [-0.1, -0.05) is 17.7 Å². The van der Waals surface area contributed by atoms with Gasteiger partial charge in [0.25, 0.3) is 0 Å². The number of carbonyl (C=O) groups excluding carboxylic acids is 1. The van der Waals surface area contributed by atoms with E-state index < -0.39 is 11.9 Å². The molecule has 4 heteroatoms. The number of ether oxygens (including phenoxy) is 1. The van der Waals surface area contributed by atoms with Crippen molar-refractivity contribution < 1.29 is 19.4 Å². The molecule has 0 aliphatic heterocycles. The smallest absolute Gasteiger partial charge is 0.336 e. The molecule has 0 amide bonds. The van der Waals surface area contributed by atoms with Crippen LogP contribution in [-0.4, -0.2) is 23.7 Å². The first-order valence-corrected chi connectivity index (χ1v) is 5.23. The lowest BCUT2D eigenvalue weighted by Gasteiger charge is -2.02. The third kappa shape index (κ3) is 3.75. The predicted molar refractivity (Wildman–Crippen MR) is 63.8 cm³/mol. The molecule has 0 unspecified atom stereocenters. The zero-order chi connectivity index (χ0) is 12.8. The van der Waals surface area contributed by atoms with E-state index in [9.17, 15) is 9.59 Å². The summed E-state index contributed by atoms with van der Waals surface area (Å²) in [6.45, 7) is 3.81. The van der Waals surface area contributed by atoms with Crippen LogP contribution in [0.25, 0.3) is 6.08 Å². The van der Waals surface area contributed by atoms with Crippen LogP contribution in [-0.2, 0) is 9.53 Å². The van der Waals surface area contributed by atoms with E-state index in [4.69, 9.17) is 9.84 Å². The van der Waals surface area contributed by atoms with E-state index >= 15 is 0 Å². The lowest BCUT2D eigenvalue weighted by atomic mass is 10.0. The van der Waals surface area contributed by atoms with Gasteiger partial charge in [-0.05, 0) is 31.6 Å². The van der Waals surface area contributed by atoms with Crippen LogP contribution in [0.5, 0.6) is 0 Å². The van der Waals surface area contributed by atoms with Crippen molar-refractivity contribution in [2.24, 2.45) is 0 Å². The molecule has 0 aliphatic rings. The van der Waals surface area contributed by atoms with Crippen LogP contribution < -0.4 is 0 Å². The number of esters is 1. The van der Waals surface area contributed by atoms with Crippen LogP contribution in [0, 0.1) is 6.92 Å². The summed E-state index contributed by atoms with van der Waals surface area (Å²) in [4.78, 5) is 22.1. The summed E-state index contributed by atoms with van der Waals surface area (Å²) in [5.41, 5.74) is 1.51. The standard InChI is InChI=1S/C13H14O4/c1-3-17-12(14)7-6-10-5-4-9(2)8-11(10)13(15)16/h4-8H,3H2,1-2H3,(H,15,16). The van der Waals surface area contributed by atoms with Crippen molar-refractivity contribution in [1.82, 2.24) is 0 Å². The Morgan fingerprint density at radius 1 is 1.41 bits per heavy atom. The first kappa shape index (κ1) is 13.0. The van der Waals surface area contributed by atoms with Gasteiger partial charge in [0, 0.05) is 6.08 Å². The zero-order valence-electron chi connectivity index (χ0n) is 9.77. The molecule has 0 aromatic heterocycles. The molecule has 1 aromatic carbocycles. The number of rotatable bonds is 4. The van der Waals surface area contributed by atoms with Gasteiger partial charge in [0.05, 0.1) is 12.2 Å². The fourth-order valence-electron chi connectivity index (χ4n) is 1.35. The molecule has 1 rings (SSSR count). The van der Waals surface area contributed by atoms with Crippen LogP contribution in [0.4, 0.5) is 0 Å². The number of carboxylic acids is 1. The Balaban J connectivity index is 2.98. The average Bonchev–Trinajstić information content (AvgIpc) is 2.27. The van der Waals surface area contributed by atoms with E-state index in [1.54, 1.807) is 25.1 Å². The summed E-state index contributed by atoms with van der Waals surface area (Å²) >= 11 is 0. The molecule has 0 saturated carbocycles. The monoisotopic (exact) mass is 234 g/mol. The summed E-state index contributed by atoms with van der Waals surface area (Å²) in [5, 5.41) is 9.01. The second-order valence-electron chi connectivity index (χ2n) is 3.48. The Kier molecular flexibility index (Phi) is 4.46. The van der Waals surface area contributed by atoms with Crippen molar-refractivity contribution >= 4 is 18.0 Å². The molecule has 0 fully saturated rings. The molecule has 0 atom stereocenters. The number of carbonyl (C=O) groups is 2. The fourth-order valence-corrected chi connectivity index (χ4v) is 1.35. The van der Waals surface area contributed by atoms with Gasteiger partial charge in [-0.3, -0.25) is 0 Å². The molecule has 90 valence electrons. The largest absolute Gasteiger partial charge is 0.478 e. The van der Waals surface area contributed by atoms with Crippen molar-refractivity contribution in [2.45, 2.75) is 13.8 Å². The van der Waals surface area contributed by atoms with Gasteiger partial charge in [0.2, 0.25) is 0 Å². The fraction of sp³-hybridized carbons (Fsp3) is 0.231. The van der Waals surface area contributed by atoms with E-state index in [1.807, 2.05) is 6.92 Å². The number of benzene rings is 1. The quantitative estimate of drug-likeness (QED) is 0.641. The molecular formula is C13H14O4. The lowest BCUT2D eigenvalue weighted by molar-refractivity contribution is -0.137. The van der Waals surface area contributed by atoms with E-state index in [1.165, 1.54) is 12.2 Å². The lowest BCUT2D eigenvalue weighted by Crippen LogP contribution is -2.02. The number of aromatic carboxylic acids is 1. The highest BCUT2D eigenvalue weighted by Gasteiger charge is 2.08.